The summed E-state index contributed by atoms with van der Waals surface area (Å²) in [6.45, 7) is 3.13. The van der Waals surface area contributed by atoms with Crippen molar-refractivity contribution in [3.8, 4) is 22.7 Å². The molecule has 2 aromatic heterocycles. The molecule has 9 nitrogen and oxygen atoms in total. The van der Waals surface area contributed by atoms with Gasteiger partial charge in [-0.2, -0.15) is 5.10 Å². The average Bonchev–Trinajstić information content (AvgIpc) is 3.73. The van der Waals surface area contributed by atoms with E-state index in [4.69, 9.17) is 19.7 Å². The van der Waals surface area contributed by atoms with Crippen LogP contribution in [0.3, 0.4) is 0 Å². The Morgan fingerprint density at radius 3 is 2.55 bits per heavy atom. The number of rotatable bonds is 7. The van der Waals surface area contributed by atoms with Gasteiger partial charge < -0.3 is 20.2 Å². The molecule has 3 aromatic carbocycles. The number of nitrogens with zero attached hydrogens (tertiary/aromatic N) is 4. The molecule has 0 unspecified atom stereocenters. The van der Waals surface area contributed by atoms with Crippen molar-refractivity contribution in [1.82, 2.24) is 25.4 Å². The first-order chi connectivity index (χ1) is 20.5. The molecule has 0 spiro atoms. The van der Waals surface area contributed by atoms with Crippen LogP contribution in [0.1, 0.15) is 40.0 Å². The first-order valence-corrected chi connectivity index (χ1v) is 14.0. The standard InChI is InChI=1S/C33H30N6O3/c1-21-8-9-22(32(40)36-33(16-17-33)23-6-4-3-5-7-23)20-26(21)27-14-15-28-29(35-27)30(31-34-18-19-42-38-31)39(37-28)24-10-12-25(41-2)13-11-24/h3-15,20H,16-19H2,1-2H3,(H,34,38)(H,36,40). The van der Waals surface area contributed by atoms with Crippen LogP contribution in [-0.2, 0) is 10.4 Å². The minimum atomic E-state index is -0.290. The van der Waals surface area contributed by atoms with E-state index < -0.39 is 0 Å². The maximum atomic E-state index is 13.5. The van der Waals surface area contributed by atoms with E-state index in [2.05, 4.69) is 27.9 Å². The van der Waals surface area contributed by atoms with Gasteiger partial charge in [0, 0.05) is 11.1 Å². The predicted octanol–water partition coefficient (Wildman–Crippen LogP) is 5.11. The van der Waals surface area contributed by atoms with Crippen LogP contribution in [0.4, 0.5) is 0 Å². The van der Waals surface area contributed by atoms with E-state index in [1.165, 1.54) is 0 Å². The second-order valence-corrected chi connectivity index (χ2v) is 10.7. The van der Waals surface area contributed by atoms with Crippen molar-refractivity contribution >= 4 is 22.8 Å². The van der Waals surface area contributed by atoms with Crippen LogP contribution in [0.2, 0.25) is 0 Å². The number of hydrogen-bond donors (Lipinski definition) is 2. The summed E-state index contributed by atoms with van der Waals surface area (Å²) < 4.78 is 7.16. The van der Waals surface area contributed by atoms with Crippen molar-refractivity contribution in [3.63, 3.8) is 0 Å². The third-order valence-corrected chi connectivity index (χ3v) is 7.91. The average molecular weight is 559 g/mol. The number of methoxy groups -OCH3 is 1. The molecule has 0 saturated heterocycles. The number of amidine groups is 1. The molecule has 1 aliphatic heterocycles. The highest BCUT2D eigenvalue weighted by Crippen LogP contribution is 2.45. The number of pyridine rings is 1. The fourth-order valence-corrected chi connectivity index (χ4v) is 5.42. The number of aryl methyl sites for hydroxylation is 1. The number of ether oxygens (including phenoxy) is 1. The Morgan fingerprint density at radius 1 is 1.02 bits per heavy atom. The summed E-state index contributed by atoms with van der Waals surface area (Å²) >= 11 is 0. The monoisotopic (exact) mass is 558 g/mol. The van der Waals surface area contributed by atoms with Crippen molar-refractivity contribution < 1.29 is 14.4 Å². The second-order valence-electron chi connectivity index (χ2n) is 10.7. The Bertz CT molecular complexity index is 1820. The molecule has 1 saturated carbocycles. The van der Waals surface area contributed by atoms with Crippen molar-refractivity contribution in [3.05, 3.63) is 107 Å². The number of fused-ring (bicyclic) bond motifs is 1. The molecule has 5 aromatic rings. The summed E-state index contributed by atoms with van der Waals surface area (Å²) in [5, 5.41) is 15.8. The first kappa shape index (κ1) is 25.8. The molecule has 2 aliphatic rings. The van der Waals surface area contributed by atoms with Crippen LogP contribution in [-0.4, -0.2) is 46.8 Å². The molecule has 1 aliphatic carbocycles. The van der Waals surface area contributed by atoms with Crippen molar-refractivity contribution in [2.75, 3.05) is 20.3 Å². The van der Waals surface area contributed by atoms with Crippen LogP contribution in [0.15, 0.2) is 90.1 Å². The summed E-state index contributed by atoms with van der Waals surface area (Å²) in [6.07, 6.45) is 1.87. The zero-order valence-electron chi connectivity index (χ0n) is 23.4. The highest BCUT2D eigenvalue weighted by atomic mass is 16.6. The molecule has 3 heterocycles. The molecule has 0 atom stereocenters. The van der Waals surface area contributed by atoms with Gasteiger partial charge in [-0.05, 0) is 79.4 Å². The van der Waals surface area contributed by atoms with Crippen LogP contribution < -0.4 is 15.4 Å². The highest BCUT2D eigenvalue weighted by Gasteiger charge is 2.45. The molecule has 7 rings (SSSR count). The quantitative estimate of drug-likeness (QED) is 0.288. The maximum absolute atomic E-state index is 13.5. The fourth-order valence-electron chi connectivity index (χ4n) is 5.42. The van der Waals surface area contributed by atoms with Crippen LogP contribution in [0.5, 0.6) is 5.75 Å². The Hall–Kier alpha value is -5.18. The number of benzene rings is 3. The number of hydrogen-bond acceptors (Lipinski definition) is 7. The van der Waals surface area contributed by atoms with E-state index in [0.29, 0.717) is 41.3 Å². The molecule has 210 valence electrons. The predicted molar refractivity (Wildman–Crippen MR) is 161 cm³/mol. The van der Waals surface area contributed by atoms with Crippen LogP contribution in [0.25, 0.3) is 28.0 Å². The smallest absolute Gasteiger partial charge is 0.251 e. The molecular weight excluding hydrogens is 528 g/mol. The Morgan fingerprint density at radius 2 is 1.83 bits per heavy atom. The zero-order valence-corrected chi connectivity index (χ0v) is 23.4. The minimum absolute atomic E-state index is 0.0930. The summed E-state index contributed by atoms with van der Waals surface area (Å²) in [7, 11) is 1.64. The lowest BCUT2D eigenvalue weighted by molar-refractivity contribution is 0.0931. The largest absolute Gasteiger partial charge is 0.497 e. The summed E-state index contributed by atoms with van der Waals surface area (Å²) in [5.74, 6) is 1.22. The van der Waals surface area contributed by atoms with E-state index in [1.54, 1.807) is 7.11 Å². The Labute approximate surface area is 243 Å². The second kappa shape index (κ2) is 10.3. The van der Waals surface area contributed by atoms with E-state index in [1.807, 2.05) is 84.4 Å². The highest BCUT2D eigenvalue weighted by molar-refractivity contribution is 6.07. The maximum Gasteiger partial charge on any atom is 0.251 e. The Kier molecular flexibility index (Phi) is 6.34. The molecule has 2 N–H and O–H groups in total. The lowest BCUT2D eigenvalue weighted by atomic mass is 10.00. The molecule has 42 heavy (non-hydrogen) atoms. The SMILES string of the molecule is COc1ccc(-n2nc3ccc(-c4cc(C(=O)NC5(c6ccccc6)CC5)ccc4C)nc3c2C2=NOCCN2)cc1. The van der Waals surface area contributed by atoms with Gasteiger partial charge in [-0.1, -0.05) is 41.6 Å². The summed E-state index contributed by atoms with van der Waals surface area (Å²) in [6, 6.07) is 27.5. The molecule has 1 fully saturated rings. The fraction of sp³-hybridized carbons (Fsp3) is 0.212. The normalized spacial score (nSPS) is 15.3. The zero-order chi connectivity index (χ0) is 28.7. The molecule has 0 bridgehead atoms. The topological polar surface area (TPSA) is 103 Å². The molecule has 1 amide bonds. The van der Waals surface area contributed by atoms with Crippen molar-refractivity contribution in [2.24, 2.45) is 5.16 Å². The van der Waals surface area contributed by atoms with E-state index >= 15 is 0 Å². The van der Waals surface area contributed by atoms with E-state index in [0.717, 1.165) is 46.7 Å². The Balaban J connectivity index is 1.28. The molecular formula is C33H30N6O3. The van der Waals surface area contributed by atoms with E-state index in [9.17, 15) is 4.79 Å². The van der Waals surface area contributed by atoms with Crippen molar-refractivity contribution in [1.29, 1.82) is 0 Å². The number of carbonyl (C=O) groups excluding carboxylic acids is 1. The lowest BCUT2D eigenvalue weighted by Crippen LogP contribution is -2.34. The third kappa shape index (κ3) is 4.62. The number of amides is 1. The van der Waals surface area contributed by atoms with Gasteiger partial charge in [0.05, 0.1) is 30.6 Å². The minimum Gasteiger partial charge on any atom is -0.497 e. The summed E-state index contributed by atoms with van der Waals surface area (Å²) in [4.78, 5) is 24.0. The number of oxime groups is 1. The van der Waals surface area contributed by atoms with Gasteiger partial charge in [0.25, 0.3) is 5.91 Å². The molecule has 0 radical (unpaired) electrons. The summed E-state index contributed by atoms with van der Waals surface area (Å²) in [5.41, 5.74) is 7.01. The third-order valence-electron chi connectivity index (χ3n) is 7.91. The van der Waals surface area contributed by atoms with Gasteiger partial charge in [-0.3, -0.25) is 4.79 Å². The van der Waals surface area contributed by atoms with Crippen LogP contribution >= 0.6 is 0 Å². The van der Waals surface area contributed by atoms with E-state index in [-0.39, 0.29) is 11.4 Å². The number of nitrogens with one attached hydrogen (secondary N) is 2. The molecule has 9 heteroatoms. The first-order valence-electron chi connectivity index (χ1n) is 14.0. The van der Waals surface area contributed by atoms with Gasteiger partial charge in [0.2, 0.25) is 0 Å². The van der Waals surface area contributed by atoms with Crippen LogP contribution in [0, 0.1) is 6.92 Å². The van der Waals surface area contributed by atoms with Gasteiger partial charge in [-0.15, -0.1) is 0 Å². The van der Waals surface area contributed by atoms with Gasteiger partial charge in [0.15, 0.2) is 5.84 Å². The van der Waals surface area contributed by atoms with Gasteiger partial charge in [-0.25, -0.2) is 9.67 Å². The van der Waals surface area contributed by atoms with Crippen molar-refractivity contribution in [2.45, 2.75) is 25.3 Å². The van der Waals surface area contributed by atoms with Gasteiger partial charge >= 0.3 is 0 Å². The van der Waals surface area contributed by atoms with Gasteiger partial charge in [0.1, 0.15) is 29.1 Å². The lowest BCUT2D eigenvalue weighted by Gasteiger charge is -2.18. The number of aromatic nitrogens is 3. The number of carbonyl (C=O) groups is 1.